The van der Waals surface area contributed by atoms with Gasteiger partial charge in [0, 0.05) is 11.9 Å². The number of nitrogens with zero attached hydrogens (tertiary/aromatic N) is 2. The molecule has 0 radical (unpaired) electrons. The lowest BCUT2D eigenvalue weighted by molar-refractivity contribution is -0.120. The van der Waals surface area contributed by atoms with E-state index in [9.17, 15) is 4.79 Å². The number of thiazole rings is 1. The van der Waals surface area contributed by atoms with Gasteiger partial charge in [-0.25, -0.2) is 4.98 Å². The quantitative estimate of drug-likeness (QED) is 0.850. The van der Waals surface area contributed by atoms with Crippen LogP contribution >= 0.6 is 11.3 Å². The molecule has 1 aromatic heterocycles. The van der Waals surface area contributed by atoms with E-state index < -0.39 is 6.04 Å². The first-order valence-corrected chi connectivity index (χ1v) is 6.48. The fraction of sp³-hybridized carbons (Fsp3) is 0.545. The second-order valence-corrected chi connectivity index (χ2v) is 5.50. The van der Waals surface area contributed by atoms with Crippen LogP contribution in [0.5, 0.6) is 0 Å². The van der Waals surface area contributed by atoms with Gasteiger partial charge in [-0.05, 0) is 12.8 Å². The molecular formula is C11H16N4OS. The van der Waals surface area contributed by atoms with Crippen molar-refractivity contribution in [3.05, 3.63) is 16.1 Å². The van der Waals surface area contributed by atoms with Gasteiger partial charge in [0.1, 0.15) is 0 Å². The number of aryl methyl sites for hydroxylation is 1. The molecule has 5 nitrogen and oxygen atoms in total. The molecule has 0 bridgehead atoms. The summed E-state index contributed by atoms with van der Waals surface area (Å²) in [6.07, 6.45) is 0. The van der Waals surface area contributed by atoms with Crippen molar-refractivity contribution in [2.75, 3.05) is 6.54 Å². The molecule has 1 amide bonds. The third kappa shape index (κ3) is 2.82. The van der Waals surface area contributed by atoms with Crippen LogP contribution in [0.3, 0.4) is 0 Å². The lowest BCUT2D eigenvalue weighted by Crippen LogP contribution is -2.26. The van der Waals surface area contributed by atoms with Crippen molar-refractivity contribution in [3.63, 3.8) is 0 Å². The van der Waals surface area contributed by atoms with Crippen LogP contribution in [0.1, 0.15) is 30.6 Å². The van der Waals surface area contributed by atoms with Crippen molar-refractivity contribution >= 4 is 23.2 Å². The number of carbonyl (C=O) groups is 1. The second kappa shape index (κ2) is 4.83. The van der Waals surface area contributed by atoms with E-state index in [1.807, 2.05) is 12.3 Å². The smallest absolute Gasteiger partial charge is 0.255 e. The van der Waals surface area contributed by atoms with E-state index in [0.717, 1.165) is 10.7 Å². The number of nitrogens with one attached hydrogen (secondary N) is 2. The first-order valence-electron chi connectivity index (χ1n) is 5.60. The van der Waals surface area contributed by atoms with E-state index in [1.165, 1.54) is 0 Å². The molecule has 0 aliphatic carbocycles. The number of aliphatic imine (C=N–C) groups is 1. The Hall–Kier alpha value is -1.43. The van der Waals surface area contributed by atoms with E-state index in [4.69, 9.17) is 0 Å². The summed E-state index contributed by atoms with van der Waals surface area (Å²) < 4.78 is 0. The second-order valence-electron chi connectivity index (χ2n) is 4.44. The van der Waals surface area contributed by atoms with Gasteiger partial charge in [-0.1, -0.05) is 13.8 Å². The highest BCUT2D eigenvalue weighted by Crippen LogP contribution is 2.18. The summed E-state index contributed by atoms with van der Waals surface area (Å²) in [6, 6.07) is -0.397. The number of amides is 1. The number of hydrogen-bond donors (Lipinski definition) is 2. The fourth-order valence-corrected chi connectivity index (χ4v) is 2.15. The first-order chi connectivity index (χ1) is 8.06. The van der Waals surface area contributed by atoms with Crippen molar-refractivity contribution in [1.29, 1.82) is 0 Å². The van der Waals surface area contributed by atoms with Crippen LogP contribution in [-0.2, 0) is 4.79 Å². The molecule has 0 spiro atoms. The van der Waals surface area contributed by atoms with Gasteiger partial charge in [0.2, 0.25) is 0 Å². The summed E-state index contributed by atoms with van der Waals surface area (Å²) in [5.74, 6) is 0.943. The summed E-state index contributed by atoms with van der Waals surface area (Å²) in [6.45, 7) is 6.80. The third-order valence-electron chi connectivity index (χ3n) is 2.33. The minimum Gasteiger partial charge on any atom is -0.339 e. The van der Waals surface area contributed by atoms with Gasteiger partial charge >= 0.3 is 0 Å². The molecule has 92 valence electrons. The lowest BCUT2D eigenvalue weighted by Gasteiger charge is -2.04. The number of guanidine groups is 1. The van der Waals surface area contributed by atoms with Gasteiger partial charge < -0.3 is 5.32 Å². The third-order valence-corrected chi connectivity index (χ3v) is 3.12. The largest absolute Gasteiger partial charge is 0.339 e. The molecule has 1 aliphatic heterocycles. The van der Waals surface area contributed by atoms with Crippen LogP contribution in [0.15, 0.2) is 10.4 Å². The van der Waals surface area contributed by atoms with Crippen molar-refractivity contribution < 1.29 is 4.79 Å². The van der Waals surface area contributed by atoms with Gasteiger partial charge in [-0.3, -0.25) is 15.1 Å². The highest BCUT2D eigenvalue weighted by molar-refractivity contribution is 7.09. The molecule has 2 rings (SSSR count). The average molecular weight is 252 g/mol. The molecule has 17 heavy (non-hydrogen) atoms. The van der Waals surface area contributed by atoms with E-state index in [-0.39, 0.29) is 5.91 Å². The Morgan fingerprint density at radius 3 is 2.94 bits per heavy atom. The number of carbonyl (C=O) groups excluding carboxylic acids is 1. The zero-order chi connectivity index (χ0) is 12.4. The topological polar surface area (TPSA) is 66.4 Å². The summed E-state index contributed by atoms with van der Waals surface area (Å²) in [7, 11) is 0. The number of aromatic nitrogens is 1. The standard InChI is InChI=1S/C11H16N4OS/c1-6(2)4-12-11-14-9(10(16)15-11)8-5-17-7(3)13-8/h5-6,9H,4H2,1-3H3,(H2,12,14,15,16). The minimum absolute atomic E-state index is 0.0854. The molecule has 1 fully saturated rings. The molecular weight excluding hydrogens is 236 g/mol. The maximum Gasteiger partial charge on any atom is 0.255 e. The molecule has 6 heteroatoms. The summed E-state index contributed by atoms with van der Waals surface area (Å²) in [5, 5.41) is 8.65. The number of rotatable bonds is 3. The van der Waals surface area contributed by atoms with Crippen molar-refractivity contribution in [2.45, 2.75) is 26.8 Å². The molecule has 2 heterocycles. The predicted octanol–water partition coefficient (Wildman–Crippen LogP) is 1.22. The Bertz CT molecular complexity index is 452. The van der Waals surface area contributed by atoms with Gasteiger partial charge in [0.05, 0.1) is 10.7 Å². The lowest BCUT2D eigenvalue weighted by atomic mass is 10.2. The Morgan fingerprint density at radius 1 is 1.59 bits per heavy atom. The van der Waals surface area contributed by atoms with Crippen LogP contribution in [0.4, 0.5) is 0 Å². The Kier molecular flexibility index (Phi) is 3.42. The maximum absolute atomic E-state index is 11.7. The molecule has 0 saturated carbocycles. The Balaban J connectivity index is 2.07. The number of hydrogen-bond acceptors (Lipinski definition) is 4. The van der Waals surface area contributed by atoms with E-state index in [0.29, 0.717) is 18.4 Å². The SMILES string of the molecule is Cc1nc(C2NC(=NCC(C)C)NC2=O)cs1. The van der Waals surface area contributed by atoms with Gasteiger partial charge in [-0.2, -0.15) is 0 Å². The monoisotopic (exact) mass is 252 g/mol. The van der Waals surface area contributed by atoms with Crippen LogP contribution in [0.2, 0.25) is 0 Å². The Labute approximate surface area is 104 Å². The summed E-state index contributed by atoms with van der Waals surface area (Å²) in [5.41, 5.74) is 0.764. The summed E-state index contributed by atoms with van der Waals surface area (Å²) >= 11 is 1.54. The summed E-state index contributed by atoms with van der Waals surface area (Å²) in [4.78, 5) is 20.4. The van der Waals surface area contributed by atoms with Gasteiger partial charge in [-0.15, -0.1) is 11.3 Å². The van der Waals surface area contributed by atoms with Gasteiger partial charge in [0.25, 0.3) is 5.91 Å². The molecule has 1 atom stereocenters. The predicted molar refractivity (Wildman–Crippen MR) is 68.0 cm³/mol. The maximum atomic E-state index is 11.7. The Morgan fingerprint density at radius 2 is 2.35 bits per heavy atom. The molecule has 1 aromatic rings. The van der Waals surface area contributed by atoms with Crippen LogP contribution in [0.25, 0.3) is 0 Å². The van der Waals surface area contributed by atoms with Crippen molar-refractivity contribution in [2.24, 2.45) is 10.9 Å². The van der Waals surface area contributed by atoms with Crippen LogP contribution < -0.4 is 10.6 Å². The average Bonchev–Trinajstić information content (AvgIpc) is 2.82. The fourth-order valence-electron chi connectivity index (χ4n) is 1.51. The van der Waals surface area contributed by atoms with Crippen LogP contribution in [0, 0.1) is 12.8 Å². The molecule has 0 aromatic carbocycles. The van der Waals surface area contributed by atoms with Crippen LogP contribution in [-0.4, -0.2) is 23.4 Å². The molecule has 2 N–H and O–H groups in total. The molecule has 1 unspecified atom stereocenters. The minimum atomic E-state index is -0.397. The first kappa shape index (κ1) is 12.0. The van der Waals surface area contributed by atoms with E-state index >= 15 is 0 Å². The normalized spacial score (nSPS) is 22.0. The molecule has 1 aliphatic rings. The van der Waals surface area contributed by atoms with Crippen molar-refractivity contribution in [1.82, 2.24) is 15.6 Å². The van der Waals surface area contributed by atoms with Crippen molar-refractivity contribution in [3.8, 4) is 0 Å². The highest BCUT2D eigenvalue weighted by atomic mass is 32.1. The zero-order valence-electron chi connectivity index (χ0n) is 10.2. The van der Waals surface area contributed by atoms with E-state index in [2.05, 4.69) is 34.5 Å². The zero-order valence-corrected chi connectivity index (χ0v) is 11.0. The van der Waals surface area contributed by atoms with E-state index in [1.54, 1.807) is 11.3 Å². The molecule has 1 saturated heterocycles. The highest BCUT2D eigenvalue weighted by Gasteiger charge is 2.31. The van der Waals surface area contributed by atoms with Gasteiger partial charge in [0.15, 0.2) is 12.0 Å².